The molecule has 1 aromatic rings. The van der Waals surface area contributed by atoms with Crippen molar-refractivity contribution in [2.45, 2.75) is 48.5 Å². The molecule has 1 nitrogen and oxygen atoms in total. The van der Waals surface area contributed by atoms with Gasteiger partial charge in [0.1, 0.15) is 0 Å². The van der Waals surface area contributed by atoms with E-state index in [0.29, 0.717) is 5.25 Å². The van der Waals surface area contributed by atoms with E-state index in [9.17, 15) is 13.2 Å². The SMILES string of the molecule is NCc1cc(SC2CCCC2)ccc1C(F)(F)F. The van der Waals surface area contributed by atoms with Crippen LogP contribution in [0.1, 0.15) is 36.8 Å². The topological polar surface area (TPSA) is 26.0 Å². The molecule has 1 fully saturated rings. The van der Waals surface area contributed by atoms with Crippen LogP contribution < -0.4 is 5.73 Å². The Morgan fingerprint density at radius 1 is 1.22 bits per heavy atom. The normalized spacial score (nSPS) is 17.3. The van der Waals surface area contributed by atoms with Crippen molar-refractivity contribution in [2.24, 2.45) is 5.73 Å². The zero-order valence-corrected chi connectivity index (χ0v) is 10.8. The Balaban J connectivity index is 2.18. The zero-order chi connectivity index (χ0) is 13.2. The summed E-state index contributed by atoms with van der Waals surface area (Å²) in [6, 6.07) is 4.30. The molecule has 2 N–H and O–H groups in total. The third kappa shape index (κ3) is 3.20. The molecule has 0 saturated heterocycles. The molecule has 0 amide bonds. The predicted molar refractivity (Wildman–Crippen MR) is 67.4 cm³/mol. The van der Waals surface area contributed by atoms with Crippen molar-refractivity contribution in [2.75, 3.05) is 0 Å². The van der Waals surface area contributed by atoms with E-state index < -0.39 is 11.7 Å². The summed E-state index contributed by atoms with van der Waals surface area (Å²) in [5.74, 6) is 0. The van der Waals surface area contributed by atoms with Gasteiger partial charge in [0.05, 0.1) is 5.56 Å². The lowest BCUT2D eigenvalue weighted by Gasteiger charge is -2.14. The monoisotopic (exact) mass is 275 g/mol. The van der Waals surface area contributed by atoms with Crippen LogP contribution in [-0.2, 0) is 12.7 Å². The Hall–Kier alpha value is -0.680. The fourth-order valence-corrected chi connectivity index (χ4v) is 3.60. The summed E-state index contributed by atoms with van der Waals surface area (Å²) in [5.41, 5.74) is 4.99. The highest BCUT2D eigenvalue weighted by molar-refractivity contribution is 8.00. The minimum absolute atomic E-state index is 0.0755. The van der Waals surface area contributed by atoms with E-state index in [2.05, 4.69) is 0 Å². The van der Waals surface area contributed by atoms with Crippen LogP contribution in [-0.4, -0.2) is 5.25 Å². The number of nitrogens with two attached hydrogens (primary N) is 1. The third-order valence-electron chi connectivity index (χ3n) is 3.21. The Morgan fingerprint density at radius 2 is 1.89 bits per heavy atom. The van der Waals surface area contributed by atoms with Crippen LogP contribution in [0.4, 0.5) is 13.2 Å². The van der Waals surface area contributed by atoms with E-state index >= 15 is 0 Å². The summed E-state index contributed by atoms with van der Waals surface area (Å²) in [6.45, 7) is -0.0755. The molecule has 0 unspecified atom stereocenters. The van der Waals surface area contributed by atoms with Crippen molar-refractivity contribution in [1.82, 2.24) is 0 Å². The van der Waals surface area contributed by atoms with E-state index in [1.807, 2.05) is 0 Å². The van der Waals surface area contributed by atoms with Crippen LogP contribution in [0.5, 0.6) is 0 Å². The first-order valence-electron chi connectivity index (χ1n) is 6.07. The summed E-state index contributed by atoms with van der Waals surface area (Å²) >= 11 is 1.68. The fraction of sp³-hybridized carbons (Fsp3) is 0.538. The summed E-state index contributed by atoms with van der Waals surface area (Å²) in [6.07, 6.45) is 0.447. The van der Waals surface area contributed by atoms with Gasteiger partial charge in [0.2, 0.25) is 0 Å². The Labute approximate surface area is 109 Å². The van der Waals surface area contributed by atoms with Gasteiger partial charge in [-0.15, -0.1) is 11.8 Å². The lowest BCUT2D eigenvalue weighted by atomic mass is 10.1. The molecule has 1 aliphatic carbocycles. The van der Waals surface area contributed by atoms with E-state index in [1.54, 1.807) is 23.9 Å². The largest absolute Gasteiger partial charge is 0.416 e. The maximum atomic E-state index is 12.7. The van der Waals surface area contributed by atoms with Gasteiger partial charge in [0, 0.05) is 16.7 Å². The van der Waals surface area contributed by atoms with E-state index in [-0.39, 0.29) is 12.1 Å². The fourth-order valence-electron chi connectivity index (χ4n) is 2.29. The van der Waals surface area contributed by atoms with Gasteiger partial charge < -0.3 is 5.73 Å². The van der Waals surface area contributed by atoms with Gasteiger partial charge in [-0.25, -0.2) is 0 Å². The number of benzene rings is 1. The quantitative estimate of drug-likeness (QED) is 0.894. The number of hydrogen-bond donors (Lipinski definition) is 1. The minimum Gasteiger partial charge on any atom is -0.326 e. The first-order valence-corrected chi connectivity index (χ1v) is 6.95. The number of hydrogen-bond acceptors (Lipinski definition) is 2. The first-order chi connectivity index (χ1) is 8.50. The van der Waals surface area contributed by atoms with Gasteiger partial charge in [0.25, 0.3) is 0 Å². The highest BCUT2D eigenvalue weighted by atomic mass is 32.2. The Kier molecular flexibility index (Phi) is 4.22. The van der Waals surface area contributed by atoms with Crippen LogP contribution in [0.25, 0.3) is 0 Å². The Morgan fingerprint density at radius 3 is 2.44 bits per heavy atom. The lowest BCUT2D eigenvalue weighted by Crippen LogP contribution is -2.12. The van der Waals surface area contributed by atoms with Crippen LogP contribution in [0.3, 0.4) is 0 Å². The molecule has 1 saturated carbocycles. The van der Waals surface area contributed by atoms with Gasteiger partial charge in [-0.2, -0.15) is 13.2 Å². The van der Waals surface area contributed by atoms with Crippen molar-refractivity contribution in [3.63, 3.8) is 0 Å². The van der Waals surface area contributed by atoms with Crippen molar-refractivity contribution in [3.05, 3.63) is 29.3 Å². The number of alkyl halides is 3. The van der Waals surface area contributed by atoms with Crippen molar-refractivity contribution in [3.8, 4) is 0 Å². The summed E-state index contributed by atoms with van der Waals surface area (Å²) < 4.78 is 38.1. The molecule has 0 radical (unpaired) electrons. The van der Waals surface area contributed by atoms with Crippen molar-refractivity contribution < 1.29 is 13.2 Å². The number of halogens is 3. The molecule has 0 bridgehead atoms. The summed E-state index contributed by atoms with van der Waals surface area (Å²) in [7, 11) is 0. The molecule has 1 aliphatic rings. The standard InChI is InChI=1S/C13H16F3NS/c14-13(15,16)12-6-5-11(7-9(12)8-17)18-10-3-1-2-4-10/h5-7,10H,1-4,8,17H2. The second kappa shape index (κ2) is 5.53. The van der Waals surface area contributed by atoms with E-state index in [1.165, 1.54) is 12.8 Å². The molecule has 0 spiro atoms. The second-order valence-corrected chi connectivity index (χ2v) is 5.92. The molecule has 0 aromatic heterocycles. The maximum Gasteiger partial charge on any atom is 0.416 e. The Bertz CT molecular complexity index is 411. The second-order valence-electron chi connectivity index (χ2n) is 4.55. The molecule has 5 heteroatoms. The molecular formula is C13H16F3NS. The van der Waals surface area contributed by atoms with Crippen LogP contribution in [0.2, 0.25) is 0 Å². The number of thioether (sulfide) groups is 1. The minimum atomic E-state index is -4.31. The molecule has 100 valence electrons. The van der Waals surface area contributed by atoms with Crippen LogP contribution in [0.15, 0.2) is 23.1 Å². The molecule has 1 aromatic carbocycles. The van der Waals surface area contributed by atoms with Gasteiger partial charge in [-0.1, -0.05) is 12.8 Å². The van der Waals surface area contributed by atoms with Gasteiger partial charge in [0.15, 0.2) is 0 Å². The maximum absolute atomic E-state index is 12.7. The van der Waals surface area contributed by atoms with E-state index in [0.717, 1.165) is 23.8 Å². The number of rotatable bonds is 3. The van der Waals surface area contributed by atoms with Gasteiger partial charge in [-0.05, 0) is 36.6 Å². The molecule has 0 aliphatic heterocycles. The molecule has 18 heavy (non-hydrogen) atoms. The zero-order valence-electron chi connectivity index (χ0n) is 9.96. The third-order valence-corrected chi connectivity index (χ3v) is 4.54. The lowest BCUT2D eigenvalue weighted by molar-refractivity contribution is -0.138. The molecular weight excluding hydrogens is 259 g/mol. The smallest absolute Gasteiger partial charge is 0.326 e. The molecule has 0 heterocycles. The molecule has 0 atom stereocenters. The van der Waals surface area contributed by atoms with Crippen molar-refractivity contribution >= 4 is 11.8 Å². The predicted octanol–water partition coefficient (Wildman–Crippen LogP) is 4.20. The highest BCUT2D eigenvalue weighted by Crippen LogP contribution is 2.38. The van der Waals surface area contributed by atoms with E-state index in [4.69, 9.17) is 5.73 Å². The summed E-state index contributed by atoms with van der Waals surface area (Å²) in [5, 5.41) is 0.548. The van der Waals surface area contributed by atoms with Gasteiger partial charge >= 0.3 is 6.18 Å². The van der Waals surface area contributed by atoms with Crippen LogP contribution >= 0.6 is 11.8 Å². The van der Waals surface area contributed by atoms with Crippen molar-refractivity contribution in [1.29, 1.82) is 0 Å². The van der Waals surface area contributed by atoms with Crippen LogP contribution in [0, 0.1) is 0 Å². The summed E-state index contributed by atoms with van der Waals surface area (Å²) in [4.78, 5) is 0.898. The van der Waals surface area contributed by atoms with Gasteiger partial charge in [-0.3, -0.25) is 0 Å². The highest BCUT2D eigenvalue weighted by Gasteiger charge is 2.33. The molecule has 2 rings (SSSR count). The first kappa shape index (κ1) is 13.7. The average molecular weight is 275 g/mol. The average Bonchev–Trinajstić information content (AvgIpc) is 2.80.